The largest absolute Gasteiger partial charge is 0.489 e. The molecule has 0 saturated heterocycles. The van der Waals surface area contributed by atoms with E-state index in [0.29, 0.717) is 17.1 Å². The van der Waals surface area contributed by atoms with Gasteiger partial charge in [-0.05, 0) is 49.3 Å². The molecule has 4 heteroatoms. The molecule has 1 heterocycles. The van der Waals surface area contributed by atoms with E-state index in [9.17, 15) is 0 Å². The van der Waals surface area contributed by atoms with Crippen LogP contribution in [0.4, 0.5) is 0 Å². The van der Waals surface area contributed by atoms with Crippen molar-refractivity contribution >= 4 is 22.4 Å². The summed E-state index contributed by atoms with van der Waals surface area (Å²) in [5.41, 5.74) is 0. The molecule has 0 aliphatic heterocycles. The first-order chi connectivity index (χ1) is 10.6. The second kappa shape index (κ2) is 6.84. The van der Waals surface area contributed by atoms with Gasteiger partial charge in [0.25, 0.3) is 0 Å². The Hall–Kier alpha value is -1.32. The van der Waals surface area contributed by atoms with Crippen molar-refractivity contribution in [2.45, 2.75) is 57.7 Å². The number of ether oxygens (including phenoxy) is 1. The van der Waals surface area contributed by atoms with Crippen molar-refractivity contribution in [1.82, 2.24) is 10.3 Å². The van der Waals surface area contributed by atoms with E-state index in [1.165, 1.54) is 0 Å². The topological polar surface area (TPSA) is 34.1 Å². The summed E-state index contributed by atoms with van der Waals surface area (Å²) in [7, 11) is 0. The number of benzene rings is 1. The van der Waals surface area contributed by atoms with Crippen LogP contribution in [0.1, 0.15) is 39.5 Å². The van der Waals surface area contributed by atoms with Crippen molar-refractivity contribution in [2.75, 3.05) is 0 Å². The first kappa shape index (κ1) is 15.6. The van der Waals surface area contributed by atoms with Gasteiger partial charge in [-0.2, -0.15) is 0 Å². The van der Waals surface area contributed by atoms with Gasteiger partial charge >= 0.3 is 0 Å². The van der Waals surface area contributed by atoms with E-state index >= 15 is 0 Å². The predicted molar refractivity (Wildman–Crippen MR) is 91.7 cm³/mol. The van der Waals surface area contributed by atoms with Gasteiger partial charge in [-0.1, -0.05) is 25.4 Å². The lowest BCUT2D eigenvalue weighted by molar-refractivity contribution is 0.138. The van der Waals surface area contributed by atoms with Crippen LogP contribution < -0.4 is 10.1 Å². The summed E-state index contributed by atoms with van der Waals surface area (Å²) in [5, 5.41) is 6.44. The Morgan fingerprint density at radius 1 is 1.18 bits per heavy atom. The lowest BCUT2D eigenvalue weighted by atomic mass is 9.92. The van der Waals surface area contributed by atoms with E-state index in [1.54, 1.807) is 6.20 Å². The normalized spacial score (nSPS) is 22.2. The molecule has 1 aromatic carbocycles. The second-order valence-electron chi connectivity index (χ2n) is 6.42. The Balaban J connectivity index is 1.65. The van der Waals surface area contributed by atoms with Crippen LogP contribution in [0.2, 0.25) is 5.02 Å². The molecule has 22 heavy (non-hydrogen) atoms. The van der Waals surface area contributed by atoms with E-state index in [0.717, 1.165) is 42.2 Å². The Morgan fingerprint density at radius 3 is 2.68 bits per heavy atom. The van der Waals surface area contributed by atoms with E-state index in [4.69, 9.17) is 16.3 Å². The molecule has 0 unspecified atom stereocenters. The fourth-order valence-corrected chi connectivity index (χ4v) is 3.39. The van der Waals surface area contributed by atoms with Crippen LogP contribution >= 0.6 is 11.6 Å². The number of nitrogens with zero attached hydrogens (tertiary/aromatic N) is 1. The highest BCUT2D eigenvalue weighted by Crippen LogP contribution is 2.32. The number of nitrogens with one attached hydrogen (secondary N) is 1. The van der Waals surface area contributed by atoms with Crippen LogP contribution in [0.3, 0.4) is 0 Å². The van der Waals surface area contributed by atoms with Gasteiger partial charge in [0.05, 0.1) is 11.1 Å². The highest BCUT2D eigenvalue weighted by Gasteiger charge is 2.23. The third kappa shape index (κ3) is 3.71. The van der Waals surface area contributed by atoms with E-state index in [-0.39, 0.29) is 6.10 Å². The number of rotatable bonds is 4. The molecule has 1 fully saturated rings. The minimum absolute atomic E-state index is 0.266. The number of fused-ring (bicyclic) bond motifs is 1. The summed E-state index contributed by atoms with van der Waals surface area (Å²) in [6.45, 7) is 4.40. The van der Waals surface area contributed by atoms with Crippen LogP contribution in [0.5, 0.6) is 5.75 Å². The second-order valence-corrected chi connectivity index (χ2v) is 6.83. The summed E-state index contributed by atoms with van der Waals surface area (Å²) in [5.74, 6) is 0.792. The maximum atomic E-state index is 6.35. The lowest BCUT2D eigenvalue weighted by Crippen LogP contribution is -2.39. The monoisotopic (exact) mass is 318 g/mol. The average Bonchev–Trinajstić information content (AvgIpc) is 2.49. The molecule has 1 aliphatic rings. The van der Waals surface area contributed by atoms with Gasteiger partial charge in [0, 0.05) is 29.9 Å². The molecule has 0 amide bonds. The van der Waals surface area contributed by atoms with Crippen LogP contribution in [-0.4, -0.2) is 23.2 Å². The van der Waals surface area contributed by atoms with Crippen LogP contribution in [0, 0.1) is 0 Å². The van der Waals surface area contributed by atoms with Crippen LogP contribution in [-0.2, 0) is 0 Å². The first-order valence-electron chi connectivity index (χ1n) is 8.08. The van der Waals surface area contributed by atoms with Gasteiger partial charge in [-0.15, -0.1) is 0 Å². The Bertz CT molecular complexity index is 636. The fraction of sp³-hybridized carbons (Fsp3) is 0.500. The Morgan fingerprint density at radius 2 is 1.95 bits per heavy atom. The third-order valence-electron chi connectivity index (χ3n) is 4.23. The van der Waals surface area contributed by atoms with Gasteiger partial charge < -0.3 is 10.1 Å². The zero-order valence-corrected chi connectivity index (χ0v) is 13.9. The fourth-order valence-electron chi connectivity index (χ4n) is 3.18. The molecule has 2 aromatic rings. The molecular weight excluding hydrogens is 296 g/mol. The number of pyridine rings is 1. The Labute approximate surface area is 137 Å². The summed E-state index contributed by atoms with van der Waals surface area (Å²) >= 11 is 6.35. The molecule has 3 rings (SSSR count). The number of aromatic nitrogens is 1. The lowest BCUT2D eigenvalue weighted by Gasteiger charge is -2.31. The van der Waals surface area contributed by atoms with Gasteiger partial charge in [-0.25, -0.2) is 0 Å². The van der Waals surface area contributed by atoms with E-state index < -0.39 is 0 Å². The smallest absolute Gasteiger partial charge is 0.138 e. The SMILES string of the molecule is CC(C)NC1CCC(Oc2cc3ccncc3cc2Cl)CC1. The summed E-state index contributed by atoms with van der Waals surface area (Å²) < 4.78 is 6.17. The molecule has 1 aliphatic carbocycles. The van der Waals surface area contributed by atoms with Crippen molar-refractivity contribution in [3.8, 4) is 5.75 Å². The predicted octanol–water partition coefficient (Wildman–Crippen LogP) is 4.58. The maximum Gasteiger partial charge on any atom is 0.138 e. The molecule has 118 valence electrons. The van der Waals surface area contributed by atoms with Crippen LogP contribution in [0.15, 0.2) is 30.6 Å². The van der Waals surface area contributed by atoms with Crippen LogP contribution in [0.25, 0.3) is 10.8 Å². The summed E-state index contributed by atoms with van der Waals surface area (Å²) in [6, 6.07) is 7.12. The van der Waals surface area contributed by atoms with Crippen molar-refractivity contribution in [1.29, 1.82) is 0 Å². The van der Waals surface area contributed by atoms with Crippen molar-refractivity contribution in [2.24, 2.45) is 0 Å². The number of halogens is 1. The van der Waals surface area contributed by atoms with E-state index in [1.807, 2.05) is 24.4 Å². The zero-order valence-electron chi connectivity index (χ0n) is 13.2. The third-order valence-corrected chi connectivity index (χ3v) is 4.52. The molecule has 1 aromatic heterocycles. The van der Waals surface area contributed by atoms with E-state index in [2.05, 4.69) is 24.1 Å². The zero-order chi connectivity index (χ0) is 15.5. The maximum absolute atomic E-state index is 6.35. The molecule has 0 radical (unpaired) electrons. The molecule has 3 nitrogen and oxygen atoms in total. The average molecular weight is 319 g/mol. The molecule has 0 atom stereocenters. The molecular formula is C18H23ClN2O. The first-order valence-corrected chi connectivity index (χ1v) is 8.45. The molecule has 0 spiro atoms. The highest BCUT2D eigenvalue weighted by atomic mass is 35.5. The summed E-state index contributed by atoms with van der Waals surface area (Å²) in [6.07, 6.45) is 8.37. The van der Waals surface area contributed by atoms with Gasteiger partial charge in [-0.3, -0.25) is 4.98 Å². The van der Waals surface area contributed by atoms with Gasteiger partial charge in [0.1, 0.15) is 5.75 Å². The van der Waals surface area contributed by atoms with Gasteiger partial charge in [0.2, 0.25) is 0 Å². The minimum Gasteiger partial charge on any atom is -0.489 e. The number of hydrogen-bond donors (Lipinski definition) is 1. The molecule has 1 N–H and O–H groups in total. The minimum atomic E-state index is 0.266. The quantitative estimate of drug-likeness (QED) is 0.896. The molecule has 0 bridgehead atoms. The van der Waals surface area contributed by atoms with Crippen molar-refractivity contribution in [3.05, 3.63) is 35.6 Å². The summed E-state index contributed by atoms with van der Waals surface area (Å²) in [4.78, 5) is 4.12. The van der Waals surface area contributed by atoms with Crippen molar-refractivity contribution < 1.29 is 4.74 Å². The Kier molecular flexibility index (Phi) is 4.84. The standard InChI is InChI=1S/C18H23ClN2O/c1-12(2)21-15-3-5-16(6-4-15)22-18-10-13-7-8-20-11-14(13)9-17(18)19/h7-12,15-16,21H,3-6H2,1-2H3. The number of hydrogen-bond acceptors (Lipinski definition) is 3. The van der Waals surface area contributed by atoms with Crippen molar-refractivity contribution in [3.63, 3.8) is 0 Å². The molecule has 1 saturated carbocycles. The van der Waals surface area contributed by atoms with Gasteiger partial charge in [0.15, 0.2) is 0 Å². The highest BCUT2D eigenvalue weighted by molar-refractivity contribution is 6.32.